The maximum atomic E-state index is 12.3. The lowest BCUT2D eigenvalue weighted by molar-refractivity contribution is 0.0524. The summed E-state index contributed by atoms with van der Waals surface area (Å²) in [5, 5.41) is 0.269. The number of ether oxygens (including phenoxy) is 2. The van der Waals surface area contributed by atoms with Crippen molar-refractivity contribution >= 4 is 17.0 Å². The standard InChI is InChI=1S/C14H17N3O4/c1-4-17-8-10(13(19)20-5-2)11(18)9-7-15-14(21-6-3)16-12(9)17/h7-8H,4-6H2,1-3H3. The number of carbonyl (C=O) groups is 1. The molecule has 0 aliphatic rings. The minimum atomic E-state index is -0.638. The molecule has 2 rings (SSSR count). The Morgan fingerprint density at radius 1 is 1.29 bits per heavy atom. The maximum absolute atomic E-state index is 12.3. The fraction of sp³-hybridized carbons (Fsp3) is 0.429. The van der Waals surface area contributed by atoms with Crippen molar-refractivity contribution in [2.75, 3.05) is 13.2 Å². The molecule has 0 spiro atoms. The van der Waals surface area contributed by atoms with Crippen molar-refractivity contribution in [1.82, 2.24) is 14.5 Å². The summed E-state index contributed by atoms with van der Waals surface area (Å²) in [6.07, 6.45) is 2.84. The van der Waals surface area contributed by atoms with Gasteiger partial charge in [-0.2, -0.15) is 4.98 Å². The average molecular weight is 291 g/mol. The monoisotopic (exact) mass is 291 g/mol. The summed E-state index contributed by atoms with van der Waals surface area (Å²) in [6.45, 7) is 6.59. The Morgan fingerprint density at radius 2 is 2.05 bits per heavy atom. The molecular weight excluding hydrogens is 274 g/mol. The van der Waals surface area contributed by atoms with E-state index < -0.39 is 11.4 Å². The van der Waals surface area contributed by atoms with Gasteiger partial charge in [0.1, 0.15) is 5.56 Å². The number of aromatic nitrogens is 3. The summed E-state index contributed by atoms with van der Waals surface area (Å²) in [7, 11) is 0. The number of pyridine rings is 1. The second-order valence-corrected chi connectivity index (χ2v) is 4.20. The molecule has 0 amide bonds. The lowest BCUT2D eigenvalue weighted by atomic mass is 10.2. The predicted octanol–water partition coefficient (Wildman–Crippen LogP) is 1.39. The van der Waals surface area contributed by atoms with Crippen LogP contribution in [0.3, 0.4) is 0 Å². The van der Waals surface area contributed by atoms with Gasteiger partial charge >= 0.3 is 12.0 Å². The number of aryl methyl sites for hydroxylation is 1. The zero-order valence-electron chi connectivity index (χ0n) is 12.3. The minimum Gasteiger partial charge on any atom is -0.464 e. The summed E-state index contributed by atoms with van der Waals surface area (Å²) < 4.78 is 11.8. The van der Waals surface area contributed by atoms with Crippen LogP contribution in [0, 0.1) is 0 Å². The molecule has 0 radical (unpaired) electrons. The second-order valence-electron chi connectivity index (χ2n) is 4.20. The fourth-order valence-electron chi connectivity index (χ4n) is 1.95. The molecule has 0 N–H and O–H groups in total. The molecule has 7 heteroatoms. The number of nitrogens with zero attached hydrogens (tertiary/aromatic N) is 3. The van der Waals surface area contributed by atoms with E-state index in [1.807, 2.05) is 13.8 Å². The van der Waals surface area contributed by atoms with Gasteiger partial charge in [0.15, 0.2) is 5.65 Å². The van der Waals surface area contributed by atoms with Crippen LogP contribution in [-0.2, 0) is 11.3 Å². The van der Waals surface area contributed by atoms with Crippen LogP contribution < -0.4 is 10.2 Å². The van der Waals surface area contributed by atoms with Crippen molar-refractivity contribution in [2.45, 2.75) is 27.3 Å². The van der Waals surface area contributed by atoms with Gasteiger partial charge in [0.05, 0.1) is 18.6 Å². The molecule has 2 aromatic rings. The molecule has 0 aromatic carbocycles. The first kappa shape index (κ1) is 15.0. The van der Waals surface area contributed by atoms with Crippen molar-refractivity contribution < 1.29 is 14.3 Å². The largest absolute Gasteiger partial charge is 0.464 e. The molecule has 0 bridgehead atoms. The van der Waals surface area contributed by atoms with Crippen molar-refractivity contribution in [3.63, 3.8) is 0 Å². The molecular formula is C14H17N3O4. The van der Waals surface area contributed by atoms with Gasteiger partial charge < -0.3 is 14.0 Å². The van der Waals surface area contributed by atoms with Crippen LogP contribution >= 0.6 is 0 Å². The molecule has 7 nitrogen and oxygen atoms in total. The Bertz CT molecular complexity index is 724. The Morgan fingerprint density at radius 3 is 2.67 bits per heavy atom. The van der Waals surface area contributed by atoms with Crippen molar-refractivity contribution in [1.29, 1.82) is 0 Å². The molecule has 0 aliphatic carbocycles. The van der Waals surface area contributed by atoms with Crippen LogP contribution in [0.4, 0.5) is 0 Å². The quantitative estimate of drug-likeness (QED) is 0.774. The van der Waals surface area contributed by atoms with Gasteiger partial charge in [-0.05, 0) is 20.8 Å². The molecule has 0 atom stereocenters. The lowest BCUT2D eigenvalue weighted by Gasteiger charge is -2.11. The van der Waals surface area contributed by atoms with E-state index in [0.29, 0.717) is 18.8 Å². The van der Waals surface area contributed by atoms with Crippen LogP contribution in [0.1, 0.15) is 31.1 Å². The van der Waals surface area contributed by atoms with E-state index >= 15 is 0 Å². The van der Waals surface area contributed by atoms with E-state index in [9.17, 15) is 9.59 Å². The highest BCUT2D eigenvalue weighted by molar-refractivity contribution is 5.92. The number of rotatable bonds is 5. The Labute approximate surface area is 121 Å². The lowest BCUT2D eigenvalue weighted by Crippen LogP contribution is -2.21. The number of fused-ring (bicyclic) bond motifs is 1. The van der Waals surface area contributed by atoms with Crippen molar-refractivity contribution in [3.8, 4) is 6.01 Å². The number of carbonyl (C=O) groups excluding carboxylic acids is 1. The maximum Gasteiger partial charge on any atom is 0.343 e. The van der Waals surface area contributed by atoms with E-state index in [4.69, 9.17) is 9.47 Å². The van der Waals surface area contributed by atoms with Crippen LogP contribution in [0.5, 0.6) is 6.01 Å². The molecule has 2 heterocycles. The first-order valence-corrected chi connectivity index (χ1v) is 6.82. The zero-order valence-corrected chi connectivity index (χ0v) is 12.3. The first-order valence-electron chi connectivity index (χ1n) is 6.82. The SMILES string of the molecule is CCOC(=O)c1cn(CC)c2nc(OCC)ncc2c1=O. The smallest absolute Gasteiger partial charge is 0.343 e. The van der Waals surface area contributed by atoms with E-state index in [0.717, 1.165) is 0 Å². The minimum absolute atomic E-state index is 0.0149. The second kappa shape index (κ2) is 6.34. The third kappa shape index (κ3) is 2.86. The van der Waals surface area contributed by atoms with E-state index in [2.05, 4.69) is 9.97 Å². The third-order valence-corrected chi connectivity index (χ3v) is 2.90. The summed E-state index contributed by atoms with van der Waals surface area (Å²) in [6, 6.07) is 0.204. The van der Waals surface area contributed by atoms with Gasteiger partial charge in [0, 0.05) is 18.9 Å². The normalized spacial score (nSPS) is 10.6. The number of esters is 1. The van der Waals surface area contributed by atoms with Gasteiger partial charge in [0.25, 0.3) is 0 Å². The predicted molar refractivity (Wildman–Crippen MR) is 76.6 cm³/mol. The summed E-state index contributed by atoms with van der Waals surface area (Å²) in [5.74, 6) is -0.638. The van der Waals surface area contributed by atoms with Crippen LogP contribution in [0.25, 0.3) is 11.0 Å². The van der Waals surface area contributed by atoms with Gasteiger partial charge in [-0.15, -0.1) is 0 Å². The average Bonchev–Trinajstić information content (AvgIpc) is 2.48. The topological polar surface area (TPSA) is 83.3 Å². The fourth-order valence-corrected chi connectivity index (χ4v) is 1.95. The molecule has 0 aliphatic heterocycles. The first-order chi connectivity index (χ1) is 10.1. The van der Waals surface area contributed by atoms with E-state index in [-0.39, 0.29) is 23.6 Å². The Balaban J connectivity index is 2.67. The number of hydrogen-bond acceptors (Lipinski definition) is 6. The highest BCUT2D eigenvalue weighted by Gasteiger charge is 2.17. The molecule has 2 aromatic heterocycles. The summed E-state index contributed by atoms with van der Waals surface area (Å²) in [4.78, 5) is 32.4. The van der Waals surface area contributed by atoms with Gasteiger partial charge in [0.2, 0.25) is 5.43 Å². The molecule has 0 saturated carbocycles. The van der Waals surface area contributed by atoms with E-state index in [1.54, 1.807) is 11.5 Å². The highest BCUT2D eigenvalue weighted by atomic mass is 16.5. The van der Waals surface area contributed by atoms with Crippen molar-refractivity contribution in [3.05, 3.63) is 28.2 Å². The highest BCUT2D eigenvalue weighted by Crippen LogP contribution is 2.13. The van der Waals surface area contributed by atoms with Gasteiger partial charge in [-0.3, -0.25) is 4.79 Å². The van der Waals surface area contributed by atoms with Gasteiger partial charge in [-0.1, -0.05) is 0 Å². The summed E-state index contributed by atoms with van der Waals surface area (Å²) in [5.41, 5.74) is -0.0100. The number of hydrogen-bond donors (Lipinski definition) is 0. The van der Waals surface area contributed by atoms with Crippen molar-refractivity contribution in [2.24, 2.45) is 0 Å². The molecule has 0 fully saturated rings. The zero-order chi connectivity index (χ0) is 15.4. The van der Waals surface area contributed by atoms with Gasteiger partial charge in [-0.25, -0.2) is 9.78 Å². The molecule has 112 valence electrons. The Kier molecular flexibility index (Phi) is 4.52. The Hall–Kier alpha value is -2.44. The molecule has 21 heavy (non-hydrogen) atoms. The molecule has 0 unspecified atom stereocenters. The van der Waals surface area contributed by atoms with E-state index in [1.165, 1.54) is 12.4 Å². The molecule has 0 saturated heterocycles. The van der Waals surface area contributed by atoms with Crippen LogP contribution in [-0.4, -0.2) is 33.7 Å². The van der Waals surface area contributed by atoms with Crippen LogP contribution in [0.2, 0.25) is 0 Å². The third-order valence-electron chi connectivity index (χ3n) is 2.90. The van der Waals surface area contributed by atoms with Crippen LogP contribution in [0.15, 0.2) is 17.2 Å². The summed E-state index contributed by atoms with van der Waals surface area (Å²) >= 11 is 0.